The summed E-state index contributed by atoms with van der Waals surface area (Å²) in [7, 11) is 0. The number of ether oxygens (including phenoxy) is 2. The lowest BCUT2D eigenvalue weighted by Gasteiger charge is -2.27. The molecule has 0 radical (unpaired) electrons. The first-order chi connectivity index (χ1) is 7.79. The van der Waals surface area contributed by atoms with Gasteiger partial charge in [-0.1, -0.05) is 18.2 Å². The van der Waals surface area contributed by atoms with Crippen LogP contribution in [0.2, 0.25) is 0 Å². The monoisotopic (exact) mass is 220 g/mol. The summed E-state index contributed by atoms with van der Waals surface area (Å²) >= 11 is 0. The molecule has 0 saturated heterocycles. The molecule has 1 aromatic rings. The third-order valence-electron chi connectivity index (χ3n) is 2.40. The van der Waals surface area contributed by atoms with Crippen molar-refractivity contribution in [2.45, 2.75) is 12.3 Å². The molecule has 1 aromatic carbocycles. The van der Waals surface area contributed by atoms with Gasteiger partial charge in [0.15, 0.2) is 11.5 Å². The van der Waals surface area contributed by atoms with Crippen molar-refractivity contribution in [3.63, 3.8) is 0 Å². The van der Waals surface area contributed by atoms with E-state index in [4.69, 9.17) is 15.2 Å². The van der Waals surface area contributed by atoms with E-state index in [0.29, 0.717) is 13.2 Å². The first-order valence-electron chi connectivity index (χ1n) is 5.29. The molecule has 1 heterocycles. The van der Waals surface area contributed by atoms with Gasteiger partial charge in [-0.25, -0.2) is 0 Å². The third-order valence-corrected chi connectivity index (χ3v) is 2.40. The van der Waals surface area contributed by atoms with E-state index in [0.717, 1.165) is 11.5 Å². The lowest BCUT2D eigenvalue weighted by Crippen LogP contribution is -2.44. The largest absolute Gasteiger partial charge is 0.486 e. The van der Waals surface area contributed by atoms with Crippen molar-refractivity contribution in [2.75, 3.05) is 13.2 Å². The van der Waals surface area contributed by atoms with Gasteiger partial charge in [0.1, 0.15) is 12.7 Å². The van der Waals surface area contributed by atoms with Crippen LogP contribution in [0.3, 0.4) is 0 Å². The van der Waals surface area contributed by atoms with Gasteiger partial charge in [-0.2, -0.15) is 0 Å². The average Bonchev–Trinajstić information content (AvgIpc) is 2.35. The molecule has 3 N–H and O–H groups in total. The minimum atomic E-state index is -0.208. The van der Waals surface area contributed by atoms with E-state index in [9.17, 15) is 0 Å². The smallest absolute Gasteiger partial charge is 0.161 e. The molecule has 2 atom stereocenters. The normalized spacial score (nSPS) is 20.2. The summed E-state index contributed by atoms with van der Waals surface area (Å²) < 4.78 is 11.3. The maximum atomic E-state index is 5.75. The first kappa shape index (κ1) is 11.0. The number of para-hydroxylation sites is 2. The number of hydrogen-bond donors (Lipinski definition) is 2. The van der Waals surface area contributed by atoms with Gasteiger partial charge < -0.3 is 15.2 Å². The Kier molecular flexibility index (Phi) is 3.44. The van der Waals surface area contributed by atoms with Gasteiger partial charge in [0.2, 0.25) is 0 Å². The molecule has 0 fully saturated rings. The highest BCUT2D eigenvalue weighted by Crippen LogP contribution is 2.30. The second-order valence-electron chi connectivity index (χ2n) is 3.67. The molecular formula is C12H16N2O2. The molecule has 0 bridgehead atoms. The summed E-state index contributed by atoms with van der Waals surface area (Å²) in [5.74, 6) is 1.58. The Bertz CT molecular complexity index is 368. The van der Waals surface area contributed by atoms with E-state index in [2.05, 4.69) is 11.9 Å². The molecule has 4 heteroatoms. The number of rotatable bonds is 4. The molecule has 0 aliphatic carbocycles. The number of nitrogens with one attached hydrogen (secondary N) is 1. The van der Waals surface area contributed by atoms with Crippen molar-refractivity contribution < 1.29 is 9.47 Å². The number of benzene rings is 1. The predicted molar refractivity (Wildman–Crippen MR) is 62.5 cm³/mol. The Labute approximate surface area is 95.0 Å². The van der Waals surface area contributed by atoms with Gasteiger partial charge in [0.25, 0.3) is 0 Å². The zero-order valence-electron chi connectivity index (χ0n) is 9.06. The Morgan fingerprint density at radius 2 is 2.25 bits per heavy atom. The van der Waals surface area contributed by atoms with Gasteiger partial charge in [-0.15, -0.1) is 6.58 Å². The van der Waals surface area contributed by atoms with E-state index in [1.54, 1.807) is 6.08 Å². The lowest BCUT2D eigenvalue weighted by molar-refractivity contribution is 0.0893. The SMILES string of the molecule is C=CC(N)NCC1COc2ccccc2O1. The van der Waals surface area contributed by atoms with Crippen LogP contribution in [0.4, 0.5) is 0 Å². The topological polar surface area (TPSA) is 56.5 Å². The summed E-state index contributed by atoms with van der Waals surface area (Å²) in [5.41, 5.74) is 5.66. The Morgan fingerprint density at radius 3 is 3.00 bits per heavy atom. The van der Waals surface area contributed by atoms with E-state index in [-0.39, 0.29) is 12.3 Å². The highest BCUT2D eigenvalue weighted by Gasteiger charge is 2.20. The van der Waals surface area contributed by atoms with E-state index in [1.807, 2.05) is 24.3 Å². The average molecular weight is 220 g/mol. The summed E-state index contributed by atoms with van der Waals surface area (Å²) in [6.45, 7) is 4.78. The van der Waals surface area contributed by atoms with Gasteiger partial charge in [-0.3, -0.25) is 5.32 Å². The number of nitrogens with two attached hydrogens (primary N) is 1. The van der Waals surface area contributed by atoms with Crippen molar-refractivity contribution >= 4 is 0 Å². The fraction of sp³-hybridized carbons (Fsp3) is 0.333. The quantitative estimate of drug-likeness (QED) is 0.584. The van der Waals surface area contributed by atoms with Crippen LogP contribution < -0.4 is 20.5 Å². The molecule has 0 amide bonds. The van der Waals surface area contributed by atoms with Crippen molar-refractivity contribution in [3.05, 3.63) is 36.9 Å². The highest BCUT2D eigenvalue weighted by molar-refractivity contribution is 5.40. The van der Waals surface area contributed by atoms with Crippen LogP contribution in [-0.4, -0.2) is 25.4 Å². The zero-order valence-corrected chi connectivity index (χ0v) is 9.06. The van der Waals surface area contributed by atoms with E-state index < -0.39 is 0 Å². The van der Waals surface area contributed by atoms with E-state index >= 15 is 0 Å². The second kappa shape index (κ2) is 5.01. The third kappa shape index (κ3) is 2.53. The zero-order chi connectivity index (χ0) is 11.4. The van der Waals surface area contributed by atoms with Crippen LogP contribution in [0, 0.1) is 0 Å². The molecule has 0 spiro atoms. The fourth-order valence-electron chi connectivity index (χ4n) is 1.51. The van der Waals surface area contributed by atoms with E-state index in [1.165, 1.54) is 0 Å². The molecule has 2 rings (SSSR count). The minimum Gasteiger partial charge on any atom is -0.486 e. The number of fused-ring (bicyclic) bond motifs is 1. The van der Waals surface area contributed by atoms with Crippen LogP contribution in [0.1, 0.15) is 0 Å². The van der Waals surface area contributed by atoms with Gasteiger partial charge in [-0.05, 0) is 12.1 Å². The molecule has 16 heavy (non-hydrogen) atoms. The standard InChI is InChI=1S/C12H16N2O2/c1-2-12(13)14-7-9-8-15-10-5-3-4-6-11(10)16-9/h2-6,9,12,14H,1,7-8,13H2. The molecule has 86 valence electrons. The van der Waals surface area contributed by atoms with Crippen molar-refractivity contribution in [2.24, 2.45) is 5.73 Å². The second-order valence-corrected chi connectivity index (χ2v) is 3.67. The molecule has 4 nitrogen and oxygen atoms in total. The Morgan fingerprint density at radius 1 is 1.50 bits per heavy atom. The summed E-state index contributed by atoms with van der Waals surface area (Å²) in [5, 5.41) is 3.09. The fourth-order valence-corrected chi connectivity index (χ4v) is 1.51. The maximum Gasteiger partial charge on any atom is 0.161 e. The predicted octanol–water partition coefficient (Wildman–Crippen LogP) is 0.887. The first-order valence-corrected chi connectivity index (χ1v) is 5.29. The number of hydrogen-bond acceptors (Lipinski definition) is 4. The van der Waals surface area contributed by atoms with Crippen molar-refractivity contribution in [1.29, 1.82) is 0 Å². The molecule has 0 aromatic heterocycles. The Balaban J connectivity index is 1.90. The Hall–Kier alpha value is -1.52. The summed E-state index contributed by atoms with van der Waals surface area (Å²) in [6, 6.07) is 7.64. The van der Waals surface area contributed by atoms with Crippen molar-refractivity contribution in [1.82, 2.24) is 5.32 Å². The molecule has 0 saturated carbocycles. The molecule has 1 aliphatic heterocycles. The van der Waals surface area contributed by atoms with Gasteiger partial charge >= 0.3 is 0 Å². The molecule has 2 unspecified atom stereocenters. The van der Waals surface area contributed by atoms with Gasteiger partial charge in [0.05, 0.1) is 6.17 Å². The van der Waals surface area contributed by atoms with Crippen molar-refractivity contribution in [3.8, 4) is 11.5 Å². The lowest BCUT2D eigenvalue weighted by atomic mass is 10.2. The van der Waals surface area contributed by atoms with Crippen LogP contribution in [0.15, 0.2) is 36.9 Å². The molecular weight excluding hydrogens is 204 g/mol. The summed E-state index contributed by atoms with van der Waals surface area (Å²) in [4.78, 5) is 0. The van der Waals surface area contributed by atoms with Crippen LogP contribution >= 0.6 is 0 Å². The minimum absolute atomic E-state index is 0.0131. The van der Waals surface area contributed by atoms with Crippen LogP contribution in [0.25, 0.3) is 0 Å². The highest BCUT2D eigenvalue weighted by atomic mass is 16.6. The van der Waals surface area contributed by atoms with Crippen LogP contribution in [0.5, 0.6) is 11.5 Å². The van der Waals surface area contributed by atoms with Crippen LogP contribution in [-0.2, 0) is 0 Å². The maximum absolute atomic E-state index is 5.75. The summed E-state index contributed by atoms with van der Waals surface area (Å²) in [6.07, 6.45) is 1.43. The van der Waals surface area contributed by atoms with Gasteiger partial charge in [0, 0.05) is 6.54 Å². The molecule has 1 aliphatic rings.